The smallest absolute Gasteiger partial charge is 0.130 e. The minimum Gasteiger partial charge on any atom is -0.487 e. The van der Waals surface area contributed by atoms with Gasteiger partial charge in [-0.25, -0.2) is 4.39 Å². The number of rotatable bonds is 6. The summed E-state index contributed by atoms with van der Waals surface area (Å²) in [6.45, 7) is 7.24. The number of hydrogen-bond donors (Lipinski definition) is 1. The van der Waals surface area contributed by atoms with E-state index in [-0.39, 0.29) is 11.9 Å². The molecule has 1 aromatic heterocycles. The first-order valence-electron chi connectivity index (χ1n) is 7.18. The predicted octanol–water partition coefficient (Wildman–Crippen LogP) is 3.78. The molecule has 21 heavy (non-hydrogen) atoms. The van der Waals surface area contributed by atoms with Gasteiger partial charge in [-0.1, -0.05) is 19.1 Å². The fourth-order valence-electron chi connectivity index (χ4n) is 2.22. The summed E-state index contributed by atoms with van der Waals surface area (Å²) in [5.41, 5.74) is 2.88. The van der Waals surface area contributed by atoms with Crippen LogP contribution in [0.25, 0.3) is 0 Å². The predicted molar refractivity (Wildman–Crippen MR) is 81.8 cm³/mol. The Hall–Kier alpha value is -1.94. The summed E-state index contributed by atoms with van der Waals surface area (Å²) in [6.07, 6.45) is 1.74. The standard InChI is InChI=1S/C17H21FN2O/c1-4-19-13(3)15-8-7-14(18)10-17(15)21-11-16-12(2)6-5-9-20-16/h5-10,13,19H,4,11H2,1-3H3. The Labute approximate surface area is 125 Å². The van der Waals surface area contributed by atoms with Crippen molar-refractivity contribution in [3.8, 4) is 5.75 Å². The molecule has 112 valence electrons. The number of halogens is 1. The molecule has 4 heteroatoms. The van der Waals surface area contributed by atoms with E-state index in [1.54, 1.807) is 12.3 Å². The molecule has 0 spiro atoms. The molecule has 0 saturated heterocycles. The van der Waals surface area contributed by atoms with Crippen LogP contribution in [0.15, 0.2) is 36.5 Å². The van der Waals surface area contributed by atoms with Crippen molar-refractivity contribution in [2.45, 2.75) is 33.4 Å². The van der Waals surface area contributed by atoms with E-state index in [1.165, 1.54) is 12.1 Å². The largest absolute Gasteiger partial charge is 0.487 e. The molecule has 0 aliphatic rings. The molecule has 2 rings (SSSR count). The maximum Gasteiger partial charge on any atom is 0.130 e. The van der Waals surface area contributed by atoms with E-state index >= 15 is 0 Å². The van der Waals surface area contributed by atoms with Gasteiger partial charge in [-0.15, -0.1) is 0 Å². The molecule has 3 nitrogen and oxygen atoms in total. The van der Waals surface area contributed by atoms with Gasteiger partial charge in [-0.2, -0.15) is 0 Å². The normalized spacial score (nSPS) is 12.2. The molecule has 1 heterocycles. The average Bonchev–Trinajstić information content (AvgIpc) is 2.46. The molecule has 1 atom stereocenters. The summed E-state index contributed by atoms with van der Waals surface area (Å²) in [7, 11) is 0. The van der Waals surface area contributed by atoms with Crippen LogP contribution < -0.4 is 10.1 Å². The van der Waals surface area contributed by atoms with Gasteiger partial charge in [0.05, 0.1) is 5.69 Å². The summed E-state index contributed by atoms with van der Waals surface area (Å²) >= 11 is 0. The number of benzene rings is 1. The molecular formula is C17H21FN2O. The van der Waals surface area contributed by atoms with Gasteiger partial charge in [0.15, 0.2) is 0 Å². The molecule has 0 aliphatic heterocycles. The van der Waals surface area contributed by atoms with Crippen molar-refractivity contribution in [2.24, 2.45) is 0 Å². The Kier molecular flexibility index (Phi) is 5.28. The van der Waals surface area contributed by atoms with E-state index in [1.807, 2.05) is 32.9 Å². The average molecular weight is 288 g/mol. The van der Waals surface area contributed by atoms with E-state index in [2.05, 4.69) is 10.3 Å². The summed E-state index contributed by atoms with van der Waals surface area (Å²) in [6, 6.07) is 8.64. The molecule has 1 aromatic carbocycles. The van der Waals surface area contributed by atoms with Crippen molar-refractivity contribution in [2.75, 3.05) is 6.54 Å². The molecule has 0 bridgehead atoms. The van der Waals surface area contributed by atoms with Gasteiger partial charge in [0, 0.05) is 23.9 Å². The third-order valence-electron chi connectivity index (χ3n) is 3.43. The first-order valence-corrected chi connectivity index (χ1v) is 7.18. The Morgan fingerprint density at radius 3 is 2.86 bits per heavy atom. The van der Waals surface area contributed by atoms with E-state index in [4.69, 9.17) is 4.74 Å². The van der Waals surface area contributed by atoms with Crippen LogP contribution in [-0.2, 0) is 6.61 Å². The highest BCUT2D eigenvalue weighted by Crippen LogP contribution is 2.27. The number of aromatic nitrogens is 1. The second-order valence-electron chi connectivity index (χ2n) is 5.02. The van der Waals surface area contributed by atoms with Crippen LogP contribution in [0.3, 0.4) is 0 Å². The van der Waals surface area contributed by atoms with E-state index < -0.39 is 0 Å². The van der Waals surface area contributed by atoms with Gasteiger partial charge in [-0.05, 0) is 38.1 Å². The van der Waals surface area contributed by atoms with E-state index in [0.29, 0.717) is 12.4 Å². The van der Waals surface area contributed by atoms with Gasteiger partial charge >= 0.3 is 0 Å². The lowest BCUT2D eigenvalue weighted by Crippen LogP contribution is -2.18. The van der Waals surface area contributed by atoms with Crippen LogP contribution in [-0.4, -0.2) is 11.5 Å². The van der Waals surface area contributed by atoms with Crippen molar-refractivity contribution in [1.82, 2.24) is 10.3 Å². The Morgan fingerprint density at radius 2 is 2.14 bits per heavy atom. The quantitative estimate of drug-likeness (QED) is 0.878. The first kappa shape index (κ1) is 15.4. The number of nitrogens with zero attached hydrogens (tertiary/aromatic N) is 1. The summed E-state index contributed by atoms with van der Waals surface area (Å²) < 4.78 is 19.3. The fourth-order valence-corrected chi connectivity index (χ4v) is 2.22. The molecular weight excluding hydrogens is 267 g/mol. The molecule has 0 aliphatic carbocycles. The van der Waals surface area contributed by atoms with Crippen molar-refractivity contribution in [3.05, 3.63) is 59.2 Å². The van der Waals surface area contributed by atoms with Gasteiger partial charge in [0.2, 0.25) is 0 Å². The zero-order chi connectivity index (χ0) is 15.2. The van der Waals surface area contributed by atoms with Crippen molar-refractivity contribution >= 4 is 0 Å². The third-order valence-corrected chi connectivity index (χ3v) is 3.43. The first-order chi connectivity index (χ1) is 10.1. The van der Waals surface area contributed by atoms with Crippen LogP contribution in [0.5, 0.6) is 5.75 Å². The van der Waals surface area contributed by atoms with Crippen LogP contribution in [0.4, 0.5) is 4.39 Å². The van der Waals surface area contributed by atoms with Crippen LogP contribution in [0.1, 0.15) is 36.7 Å². The second-order valence-corrected chi connectivity index (χ2v) is 5.02. The lowest BCUT2D eigenvalue weighted by atomic mass is 10.1. The minimum absolute atomic E-state index is 0.107. The molecule has 0 fully saturated rings. The monoisotopic (exact) mass is 288 g/mol. The number of hydrogen-bond acceptors (Lipinski definition) is 3. The Balaban J connectivity index is 2.18. The molecule has 0 radical (unpaired) electrons. The summed E-state index contributed by atoms with van der Waals surface area (Å²) in [4.78, 5) is 4.29. The maximum atomic E-state index is 13.5. The van der Waals surface area contributed by atoms with Gasteiger partial charge in [-0.3, -0.25) is 4.98 Å². The molecule has 1 N–H and O–H groups in total. The maximum absolute atomic E-state index is 13.5. The number of aryl methyl sites for hydroxylation is 1. The lowest BCUT2D eigenvalue weighted by Gasteiger charge is -2.18. The number of nitrogens with one attached hydrogen (secondary N) is 1. The topological polar surface area (TPSA) is 34.1 Å². The number of pyridine rings is 1. The summed E-state index contributed by atoms with van der Waals surface area (Å²) in [5, 5.41) is 3.31. The molecule has 0 saturated carbocycles. The van der Waals surface area contributed by atoms with Crippen LogP contribution in [0, 0.1) is 12.7 Å². The van der Waals surface area contributed by atoms with Crippen molar-refractivity contribution < 1.29 is 9.13 Å². The van der Waals surface area contributed by atoms with Crippen LogP contribution in [0.2, 0.25) is 0 Å². The highest BCUT2D eigenvalue weighted by Gasteiger charge is 2.12. The van der Waals surface area contributed by atoms with Gasteiger partial charge in [0.1, 0.15) is 18.2 Å². The SMILES string of the molecule is CCNC(C)c1ccc(F)cc1OCc1ncccc1C. The lowest BCUT2D eigenvalue weighted by molar-refractivity contribution is 0.292. The third kappa shape index (κ3) is 4.02. The highest BCUT2D eigenvalue weighted by atomic mass is 19.1. The minimum atomic E-state index is -0.296. The van der Waals surface area contributed by atoms with E-state index in [9.17, 15) is 4.39 Å². The Bertz CT molecular complexity index is 601. The van der Waals surface area contributed by atoms with Gasteiger partial charge < -0.3 is 10.1 Å². The Morgan fingerprint density at radius 1 is 1.33 bits per heavy atom. The molecule has 0 amide bonds. The van der Waals surface area contributed by atoms with Crippen molar-refractivity contribution in [3.63, 3.8) is 0 Å². The zero-order valence-electron chi connectivity index (χ0n) is 12.7. The van der Waals surface area contributed by atoms with Crippen molar-refractivity contribution in [1.29, 1.82) is 0 Å². The fraction of sp³-hybridized carbons (Fsp3) is 0.353. The zero-order valence-corrected chi connectivity index (χ0v) is 12.7. The highest BCUT2D eigenvalue weighted by molar-refractivity contribution is 5.36. The molecule has 1 unspecified atom stereocenters. The van der Waals surface area contributed by atoms with Crippen LogP contribution >= 0.6 is 0 Å². The van der Waals surface area contributed by atoms with E-state index in [0.717, 1.165) is 23.4 Å². The number of ether oxygens (including phenoxy) is 1. The second kappa shape index (κ2) is 7.18. The van der Waals surface area contributed by atoms with Gasteiger partial charge in [0.25, 0.3) is 0 Å². The molecule has 2 aromatic rings. The summed E-state index contributed by atoms with van der Waals surface area (Å²) in [5.74, 6) is 0.267.